The van der Waals surface area contributed by atoms with Gasteiger partial charge in [0.2, 0.25) is 11.0 Å². The number of carbonyl (C=O) groups is 1. The summed E-state index contributed by atoms with van der Waals surface area (Å²) in [6.07, 6.45) is 7.14. The summed E-state index contributed by atoms with van der Waals surface area (Å²) in [6, 6.07) is 6.50. The first-order valence-electron chi connectivity index (χ1n) is 11.4. The van der Waals surface area contributed by atoms with Crippen LogP contribution in [0.1, 0.15) is 56.8 Å². The van der Waals surface area contributed by atoms with Crippen LogP contribution in [-0.4, -0.2) is 59.4 Å². The molecule has 0 atom stereocenters. The van der Waals surface area contributed by atoms with Gasteiger partial charge >= 0.3 is 0 Å². The van der Waals surface area contributed by atoms with Crippen LogP contribution >= 0.6 is 11.5 Å². The van der Waals surface area contributed by atoms with Crippen molar-refractivity contribution in [1.29, 1.82) is 0 Å². The molecule has 1 aliphatic heterocycles. The smallest absolute Gasteiger partial charge is 0.220 e. The number of hydrogen-bond acceptors (Lipinski definition) is 6. The molecule has 0 bridgehead atoms. The van der Waals surface area contributed by atoms with E-state index in [-0.39, 0.29) is 11.7 Å². The zero-order valence-corrected chi connectivity index (χ0v) is 19.3. The van der Waals surface area contributed by atoms with Crippen LogP contribution < -0.4 is 10.2 Å². The Hall–Kier alpha value is -2.06. The first-order valence-corrected chi connectivity index (χ1v) is 12.2. The lowest BCUT2D eigenvalue weighted by atomic mass is 10.1. The molecule has 1 N–H and O–H groups in total. The van der Waals surface area contributed by atoms with Gasteiger partial charge in [0.1, 0.15) is 11.6 Å². The quantitative estimate of drug-likeness (QED) is 0.501. The van der Waals surface area contributed by atoms with Gasteiger partial charge in [-0.25, -0.2) is 9.37 Å². The van der Waals surface area contributed by atoms with E-state index in [1.165, 1.54) is 42.9 Å². The molecule has 170 valence electrons. The molecule has 1 aliphatic rings. The molecule has 2 aromatic rings. The minimum absolute atomic E-state index is 0.178. The summed E-state index contributed by atoms with van der Waals surface area (Å²) in [7, 11) is 0. The van der Waals surface area contributed by atoms with Crippen LogP contribution in [-0.2, 0) is 11.2 Å². The highest BCUT2D eigenvalue weighted by Crippen LogP contribution is 2.20. The molecule has 31 heavy (non-hydrogen) atoms. The molecular weight excluding hydrogens is 413 g/mol. The summed E-state index contributed by atoms with van der Waals surface area (Å²) in [5, 5.41) is 4.01. The summed E-state index contributed by atoms with van der Waals surface area (Å²) in [5.74, 6) is 0.736. The van der Waals surface area contributed by atoms with Gasteiger partial charge in [-0.2, -0.15) is 4.37 Å². The second-order valence-corrected chi connectivity index (χ2v) is 8.87. The fourth-order valence-corrected chi connectivity index (χ4v) is 4.46. The molecular formula is C23H34FN5OS. The van der Waals surface area contributed by atoms with Crippen LogP contribution in [0.2, 0.25) is 0 Å². The third kappa shape index (κ3) is 8.18. The lowest BCUT2D eigenvalue weighted by molar-refractivity contribution is -0.121. The summed E-state index contributed by atoms with van der Waals surface area (Å²) >= 11 is 1.43. The van der Waals surface area contributed by atoms with Crippen molar-refractivity contribution in [3.05, 3.63) is 41.5 Å². The van der Waals surface area contributed by atoms with Gasteiger partial charge in [0.05, 0.1) is 0 Å². The third-order valence-corrected chi connectivity index (χ3v) is 6.45. The molecule has 6 nitrogen and oxygen atoms in total. The van der Waals surface area contributed by atoms with Crippen LogP contribution in [0.4, 0.5) is 9.52 Å². The van der Waals surface area contributed by atoms with Gasteiger partial charge in [0, 0.05) is 63.6 Å². The molecule has 1 fully saturated rings. The number of carbonyl (C=O) groups excluding carboxylic acids is 1. The van der Waals surface area contributed by atoms with E-state index in [0.717, 1.165) is 62.1 Å². The van der Waals surface area contributed by atoms with Crippen molar-refractivity contribution in [2.45, 2.75) is 51.9 Å². The molecule has 1 saturated heterocycles. The molecule has 0 unspecified atom stereocenters. The number of piperazine rings is 1. The Balaban J connectivity index is 1.31. The first-order chi connectivity index (χ1) is 15.1. The number of aromatic nitrogens is 2. The van der Waals surface area contributed by atoms with Gasteiger partial charge in [-0.15, -0.1) is 0 Å². The van der Waals surface area contributed by atoms with E-state index >= 15 is 0 Å². The number of halogens is 1. The van der Waals surface area contributed by atoms with Gasteiger partial charge in [-0.05, 0) is 24.1 Å². The number of unbranched alkanes of at least 4 members (excludes halogenated alkanes) is 4. The summed E-state index contributed by atoms with van der Waals surface area (Å²) in [5.41, 5.74) is 1.01. The second-order valence-electron chi connectivity index (χ2n) is 8.14. The molecule has 0 radical (unpaired) electrons. The topological polar surface area (TPSA) is 61.4 Å². The number of benzene rings is 1. The third-order valence-electron chi connectivity index (χ3n) is 5.63. The SMILES string of the molecule is CCCCCCCC(=O)NCCN1CCN(c2nc(Cc3ccc(F)cc3)ns2)CC1. The van der Waals surface area contributed by atoms with E-state index in [2.05, 4.69) is 31.4 Å². The Morgan fingerprint density at radius 3 is 2.58 bits per heavy atom. The van der Waals surface area contributed by atoms with Gasteiger partial charge in [-0.3, -0.25) is 9.69 Å². The number of nitrogens with zero attached hydrogens (tertiary/aromatic N) is 4. The van der Waals surface area contributed by atoms with E-state index < -0.39 is 0 Å². The molecule has 1 aromatic heterocycles. The average molecular weight is 448 g/mol. The number of rotatable bonds is 12. The lowest BCUT2D eigenvalue weighted by Gasteiger charge is -2.34. The fraction of sp³-hybridized carbons (Fsp3) is 0.609. The molecule has 0 spiro atoms. The van der Waals surface area contributed by atoms with Gasteiger partial charge in [-0.1, -0.05) is 44.7 Å². The van der Waals surface area contributed by atoms with Crippen molar-refractivity contribution in [3.63, 3.8) is 0 Å². The Kier molecular flexibility index (Phi) is 9.68. The van der Waals surface area contributed by atoms with Crippen LogP contribution in [0.15, 0.2) is 24.3 Å². The zero-order valence-electron chi connectivity index (χ0n) is 18.5. The van der Waals surface area contributed by atoms with Crippen molar-refractivity contribution in [2.75, 3.05) is 44.2 Å². The van der Waals surface area contributed by atoms with Gasteiger partial charge in [0.25, 0.3) is 0 Å². The number of nitrogens with one attached hydrogen (secondary N) is 1. The second kappa shape index (κ2) is 12.7. The Morgan fingerprint density at radius 2 is 1.84 bits per heavy atom. The van der Waals surface area contributed by atoms with Crippen molar-refractivity contribution in [2.24, 2.45) is 0 Å². The largest absolute Gasteiger partial charge is 0.355 e. The Bertz CT molecular complexity index is 790. The number of hydrogen-bond donors (Lipinski definition) is 1. The van der Waals surface area contributed by atoms with Gasteiger partial charge in [0.15, 0.2) is 0 Å². The summed E-state index contributed by atoms with van der Waals surface area (Å²) in [4.78, 5) is 21.3. The molecule has 2 heterocycles. The van der Waals surface area contributed by atoms with E-state index in [9.17, 15) is 9.18 Å². The predicted octanol–water partition coefficient (Wildman–Crippen LogP) is 3.87. The van der Waals surface area contributed by atoms with Crippen LogP contribution in [0.3, 0.4) is 0 Å². The van der Waals surface area contributed by atoms with Crippen molar-refractivity contribution >= 4 is 22.6 Å². The predicted molar refractivity (Wildman–Crippen MR) is 124 cm³/mol. The Labute approximate surface area is 189 Å². The standard InChI is InChI=1S/C23H34FN5OS/c1-2-3-4-5-6-7-22(30)25-12-13-28-14-16-29(17-15-28)23-26-21(27-31-23)18-19-8-10-20(24)11-9-19/h8-11H,2-7,12-18H2,1H3,(H,25,30). The average Bonchev–Trinajstić information content (AvgIpc) is 3.24. The highest BCUT2D eigenvalue weighted by atomic mass is 32.1. The van der Waals surface area contributed by atoms with Crippen molar-refractivity contribution < 1.29 is 9.18 Å². The minimum Gasteiger partial charge on any atom is -0.355 e. The monoisotopic (exact) mass is 447 g/mol. The first kappa shape index (κ1) is 23.6. The Morgan fingerprint density at radius 1 is 1.10 bits per heavy atom. The van der Waals surface area contributed by atoms with E-state index in [1.807, 2.05) is 0 Å². The molecule has 1 amide bonds. The molecule has 0 saturated carbocycles. The van der Waals surface area contributed by atoms with Crippen LogP contribution in [0.25, 0.3) is 0 Å². The van der Waals surface area contributed by atoms with Gasteiger partial charge < -0.3 is 10.2 Å². The lowest BCUT2D eigenvalue weighted by Crippen LogP contribution is -2.48. The van der Waals surface area contributed by atoms with Crippen LogP contribution in [0, 0.1) is 5.82 Å². The highest BCUT2D eigenvalue weighted by molar-refractivity contribution is 7.09. The van der Waals surface area contributed by atoms with E-state index in [1.54, 1.807) is 12.1 Å². The fourth-order valence-electron chi connectivity index (χ4n) is 3.72. The van der Waals surface area contributed by atoms with E-state index in [4.69, 9.17) is 0 Å². The van der Waals surface area contributed by atoms with E-state index in [0.29, 0.717) is 19.4 Å². The molecule has 8 heteroatoms. The molecule has 1 aromatic carbocycles. The maximum absolute atomic E-state index is 13.0. The maximum Gasteiger partial charge on any atom is 0.220 e. The normalized spacial score (nSPS) is 14.7. The zero-order chi connectivity index (χ0) is 21.9. The summed E-state index contributed by atoms with van der Waals surface area (Å²) in [6.45, 7) is 7.55. The maximum atomic E-state index is 13.0. The molecule has 3 rings (SSSR count). The number of anilines is 1. The molecule has 0 aliphatic carbocycles. The minimum atomic E-state index is -0.226. The van der Waals surface area contributed by atoms with Crippen molar-refractivity contribution in [1.82, 2.24) is 19.6 Å². The van der Waals surface area contributed by atoms with Crippen LogP contribution in [0.5, 0.6) is 0 Å². The van der Waals surface area contributed by atoms with Crippen molar-refractivity contribution in [3.8, 4) is 0 Å². The highest BCUT2D eigenvalue weighted by Gasteiger charge is 2.20. The summed E-state index contributed by atoms with van der Waals surface area (Å²) < 4.78 is 17.5. The number of amides is 1.